The molecule has 88 valence electrons. The summed E-state index contributed by atoms with van der Waals surface area (Å²) in [6, 6.07) is 3.24. The van der Waals surface area contributed by atoms with Gasteiger partial charge in [0, 0.05) is 11.6 Å². The van der Waals surface area contributed by atoms with Gasteiger partial charge in [0.25, 0.3) is 0 Å². The van der Waals surface area contributed by atoms with Crippen LogP contribution in [0.3, 0.4) is 0 Å². The number of methoxy groups -OCH3 is 1. The fraction of sp³-hybridized carbons (Fsp3) is 0.455. The second-order valence-corrected chi connectivity index (χ2v) is 4.33. The van der Waals surface area contributed by atoms with E-state index in [0.717, 1.165) is 4.90 Å². The van der Waals surface area contributed by atoms with Crippen molar-refractivity contribution in [3.63, 3.8) is 0 Å². The van der Waals surface area contributed by atoms with Crippen LogP contribution in [0.4, 0.5) is 10.5 Å². The first-order valence-corrected chi connectivity index (χ1v) is 4.87. The number of carbonyl (C=O) groups is 1. The fourth-order valence-corrected chi connectivity index (χ4v) is 1.39. The summed E-state index contributed by atoms with van der Waals surface area (Å²) in [5.41, 5.74) is -0.108. The van der Waals surface area contributed by atoms with Crippen LogP contribution in [0.1, 0.15) is 20.8 Å². The second-order valence-electron chi connectivity index (χ2n) is 4.33. The summed E-state index contributed by atoms with van der Waals surface area (Å²) >= 11 is 0. The largest absolute Gasteiger partial charge is 0.530 e. The van der Waals surface area contributed by atoms with Gasteiger partial charge in [-0.25, -0.2) is 4.98 Å². The van der Waals surface area contributed by atoms with E-state index in [1.807, 2.05) is 0 Å². The van der Waals surface area contributed by atoms with Gasteiger partial charge < -0.3 is 19.5 Å². The number of hydrogen-bond donors (Lipinski definition) is 0. The molecule has 0 aromatic carbocycles. The average molecular weight is 223 g/mol. The van der Waals surface area contributed by atoms with Gasteiger partial charge in [0.05, 0.1) is 19.0 Å². The highest BCUT2D eigenvalue weighted by Gasteiger charge is 2.23. The molecule has 0 saturated heterocycles. The van der Waals surface area contributed by atoms with E-state index in [1.54, 1.807) is 32.9 Å². The standard InChI is InChI=1S/C11H16N2O3/c1-11(2,3)13(10(14)15)8-5-6-9(16-4)12-7-8/h5-7H,1-4H3,(H,14,15)/p-1. The number of rotatable bonds is 2. The van der Waals surface area contributed by atoms with Gasteiger partial charge in [-0.2, -0.15) is 0 Å². The Hall–Kier alpha value is -1.78. The molecule has 1 rings (SSSR count). The SMILES string of the molecule is COc1ccc(N(C(=O)[O-])C(C)(C)C)cn1. The zero-order chi connectivity index (χ0) is 12.3. The van der Waals surface area contributed by atoms with Crippen LogP contribution in [0.5, 0.6) is 5.88 Å². The number of aromatic nitrogens is 1. The molecule has 0 saturated carbocycles. The van der Waals surface area contributed by atoms with Gasteiger partial charge in [-0.15, -0.1) is 0 Å². The van der Waals surface area contributed by atoms with Crippen molar-refractivity contribution < 1.29 is 14.6 Å². The molecule has 1 aromatic rings. The van der Waals surface area contributed by atoms with Crippen molar-refractivity contribution >= 4 is 11.8 Å². The molecule has 0 aliphatic carbocycles. The minimum absolute atomic E-state index is 0.441. The summed E-state index contributed by atoms with van der Waals surface area (Å²) in [6.45, 7) is 5.35. The summed E-state index contributed by atoms with van der Waals surface area (Å²) in [5.74, 6) is 0.441. The fourth-order valence-electron chi connectivity index (χ4n) is 1.39. The van der Waals surface area contributed by atoms with Gasteiger partial charge in [-0.3, -0.25) is 0 Å². The van der Waals surface area contributed by atoms with E-state index in [1.165, 1.54) is 13.3 Å². The zero-order valence-electron chi connectivity index (χ0n) is 9.85. The molecule has 0 bridgehead atoms. The second kappa shape index (κ2) is 4.38. The first-order chi connectivity index (χ1) is 7.36. The predicted molar refractivity (Wildman–Crippen MR) is 58.4 cm³/mol. The van der Waals surface area contributed by atoms with Gasteiger partial charge in [-0.05, 0) is 26.8 Å². The lowest BCUT2D eigenvalue weighted by molar-refractivity contribution is -0.247. The summed E-state index contributed by atoms with van der Waals surface area (Å²) in [7, 11) is 1.50. The monoisotopic (exact) mass is 223 g/mol. The molecule has 0 aliphatic heterocycles. The number of hydrogen-bond acceptors (Lipinski definition) is 4. The maximum absolute atomic E-state index is 11.1. The number of anilines is 1. The van der Waals surface area contributed by atoms with Crippen LogP contribution in [0.25, 0.3) is 0 Å². The Balaban J connectivity index is 3.07. The van der Waals surface area contributed by atoms with Crippen LogP contribution in [0, 0.1) is 0 Å². The third kappa shape index (κ3) is 2.62. The number of pyridine rings is 1. The van der Waals surface area contributed by atoms with Crippen molar-refractivity contribution in [2.24, 2.45) is 0 Å². The predicted octanol–water partition coefficient (Wildman–Crippen LogP) is 1.04. The van der Waals surface area contributed by atoms with Gasteiger partial charge in [-0.1, -0.05) is 0 Å². The van der Waals surface area contributed by atoms with E-state index >= 15 is 0 Å². The number of amides is 1. The van der Waals surface area contributed by atoms with E-state index in [0.29, 0.717) is 11.6 Å². The average Bonchev–Trinajstić information content (AvgIpc) is 2.16. The zero-order valence-corrected chi connectivity index (χ0v) is 9.85. The third-order valence-corrected chi connectivity index (χ3v) is 2.04. The highest BCUT2D eigenvalue weighted by atomic mass is 16.5. The smallest absolute Gasteiger partial charge is 0.213 e. The van der Waals surface area contributed by atoms with E-state index in [4.69, 9.17) is 4.74 Å². The molecule has 5 nitrogen and oxygen atoms in total. The number of carboxylic acid groups (broad SMARTS) is 1. The summed E-state index contributed by atoms with van der Waals surface area (Å²) in [5, 5.41) is 11.1. The maximum atomic E-state index is 11.1. The van der Waals surface area contributed by atoms with Crippen LogP contribution < -0.4 is 14.7 Å². The first-order valence-electron chi connectivity index (χ1n) is 4.87. The van der Waals surface area contributed by atoms with Crippen molar-refractivity contribution in [1.82, 2.24) is 4.98 Å². The summed E-state index contributed by atoms with van der Waals surface area (Å²) in [6.07, 6.45) is 0.194. The molecule has 0 radical (unpaired) electrons. The van der Waals surface area contributed by atoms with Crippen molar-refractivity contribution in [1.29, 1.82) is 0 Å². The molecule has 0 N–H and O–H groups in total. The Labute approximate surface area is 94.7 Å². The molecule has 1 amide bonds. The van der Waals surface area contributed by atoms with Crippen LogP contribution in [-0.4, -0.2) is 23.7 Å². The van der Waals surface area contributed by atoms with Crippen molar-refractivity contribution in [3.05, 3.63) is 18.3 Å². The molecular weight excluding hydrogens is 208 g/mol. The Morgan fingerprint density at radius 3 is 2.38 bits per heavy atom. The highest BCUT2D eigenvalue weighted by molar-refractivity contribution is 5.85. The van der Waals surface area contributed by atoms with Crippen molar-refractivity contribution in [2.45, 2.75) is 26.3 Å². The first kappa shape index (κ1) is 12.3. The third-order valence-electron chi connectivity index (χ3n) is 2.04. The minimum Gasteiger partial charge on any atom is -0.530 e. The Morgan fingerprint density at radius 2 is 2.06 bits per heavy atom. The summed E-state index contributed by atoms with van der Waals surface area (Å²) in [4.78, 5) is 16.2. The van der Waals surface area contributed by atoms with Crippen molar-refractivity contribution in [3.8, 4) is 5.88 Å². The topological polar surface area (TPSA) is 65.5 Å². The van der Waals surface area contributed by atoms with Crippen LogP contribution in [-0.2, 0) is 0 Å². The molecule has 0 atom stereocenters. The van der Waals surface area contributed by atoms with Gasteiger partial charge >= 0.3 is 0 Å². The minimum atomic E-state index is -1.25. The van der Waals surface area contributed by atoms with Crippen LogP contribution >= 0.6 is 0 Å². The summed E-state index contributed by atoms with van der Waals surface area (Å²) < 4.78 is 4.90. The van der Waals surface area contributed by atoms with Gasteiger partial charge in [0.15, 0.2) is 0 Å². The van der Waals surface area contributed by atoms with Crippen LogP contribution in [0.15, 0.2) is 18.3 Å². The highest BCUT2D eigenvalue weighted by Crippen LogP contribution is 2.23. The number of nitrogens with zero attached hydrogens (tertiary/aromatic N) is 2. The lowest BCUT2D eigenvalue weighted by atomic mass is 10.1. The van der Waals surface area contributed by atoms with Crippen LogP contribution in [0.2, 0.25) is 0 Å². The number of ether oxygens (including phenoxy) is 1. The normalized spacial score (nSPS) is 11.0. The van der Waals surface area contributed by atoms with E-state index < -0.39 is 11.6 Å². The van der Waals surface area contributed by atoms with E-state index in [2.05, 4.69) is 4.98 Å². The molecule has 1 aromatic heterocycles. The molecular formula is C11H15N2O3-. The molecule has 0 fully saturated rings. The molecule has 16 heavy (non-hydrogen) atoms. The van der Waals surface area contributed by atoms with E-state index in [-0.39, 0.29) is 0 Å². The molecule has 0 aliphatic rings. The molecule has 1 heterocycles. The van der Waals surface area contributed by atoms with E-state index in [9.17, 15) is 9.90 Å². The molecule has 0 unspecified atom stereocenters. The lowest BCUT2D eigenvalue weighted by Gasteiger charge is -2.37. The number of carbonyl (C=O) groups excluding carboxylic acids is 1. The molecule has 0 spiro atoms. The Morgan fingerprint density at radius 1 is 1.44 bits per heavy atom. The Kier molecular flexibility index (Phi) is 3.37. The van der Waals surface area contributed by atoms with Gasteiger partial charge in [0.2, 0.25) is 5.88 Å². The maximum Gasteiger partial charge on any atom is 0.213 e. The lowest BCUT2D eigenvalue weighted by Crippen LogP contribution is -2.52. The molecule has 5 heteroatoms. The van der Waals surface area contributed by atoms with Gasteiger partial charge in [0.1, 0.15) is 6.09 Å². The quantitative estimate of drug-likeness (QED) is 0.751. The Bertz CT molecular complexity index is 368. The van der Waals surface area contributed by atoms with Crippen molar-refractivity contribution in [2.75, 3.05) is 12.0 Å².